The van der Waals surface area contributed by atoms with Crippen molar-refractivity contribution in [3.8, 4) is 0 Å². The molecular weight excluding hydrogens is 258 g/mol. The molecule has 0 aliphatic carbocycles. The Hall–Kier alpha value is -1.88. The molecule has 1 fully saturated rings. The van der Waals surface area contributed by atoms with Gasteiger partial charge in [0.2, 0.25) is 5.91 Å². The lowest BCUT2D eigenvalue weighted by Crippen LogP contribution is -2.42. The van der Waals surface area contributed by atoms with Crippen molar-refractivity contribution >= 4 is 29.4 Å². The Morgan fingerprint density at radius 1 is 1.28 bits per heavy atom. The summed E-state index contributed by atoms with van der Waals surface area (Å²) in [4.78, 5) is 35.5. The Labute approximate surface area is 108 Å². The molecule has 1 unspecified atom stereocenters. The molecule has 1 aliphatic rings. The molecule has 18 heavy (non-hydrogen) atoms. The van der Waals surface area contributed by atoms with Gasteiger partial charge in [-0.15, -0.1) is 0 Å². The van der Waals surface area contributed by atoms with E-state index in [2.05, 4.69) is 0 Å². The summed E-state index contributed by atoms with van der Waals surface area (Å²) in [6.07, 6.45) is 0.240. The number of nitrogens with zero attached hydrogens (tertiary/aromatic N) is 1. The highest BCUT2D eigenvalue weighted by molar-refractivity contribution is 6.30. The van der Waals surface area contributed by atoms with E-state index in [9.17, 15) is 14.4 Å². The van der Waals surface area contributed by atoms with Crippen LogP contribution < -0.4 is 0 Å². The fraction of sp³-hybridized carbons (Fsp3) is 0.250. The molecule has 1 aliphatic heterocycles. The van der Waals surface area contributed by atoms with E-state index < -0.39 is 23.8 Å². The first-order chi connectivity index (χ1) is 8.50. The zero-order valence-corrected chi connectivity index (χ0v) is 10.1. The average molecular weight is 268 g/mol. The van der Waals surface area contributed by atoms with Gasteiger partial charge >= 0.3 is 5.97 Å². The third kappa shape index (κ3) is 2.22. The molecule has 1 N–H and O–H groups in total. The number of amides is 2. The zero-order valence-electron chi connectivity index (χ0n) is 9.30. The van der Waals surface area contributed by atoms with Crippen LogP contribution in [-0.2, 0) is 9.59 Å². The zero-order chi connectivity index (χ0) is 13.3. The molecule has 6 heteroatoms. The van der Waals surface area contributed by atoms with Crippen LogP contribution in [0.5, 0.6) is 0 Å². The molecule has 1 saturated heterocycles. The first-order valence-electron chi connectivity index (χ1n) is 5.35. The fourth-order valence-corrected chi connectivity index (χ4v) is 2.03. The van der Waals surface area contributed by atoms with Crippen molar-refractivity contribution in [1.82, 2.24) is 4.90 Å². The van der Waals surface area contributed by atoms with Gasteiger partial charge < -0.3 is 5.11 Å². The van der Waals surface area contributed by atoms with E-state index in [0.29, 0.717) is 5.02 Å². The maximum absolute atomic E-state index is 12.1. The monoisotopic (exact) mass is 267 g/mol. The second kappa shape index (κ2) is 4.78. The molecule has 94 valence electrons. The number of hydrogen-bond acceptors (Lipinski definition) is 3. The van der Waals surface area contributed by atoms with E-state index in [1.54, 1.807) is 0 Å². The van der Waals surface area contributed by atoms with Gasteiger partial charge in [0.25, 0.3) is 5.91 Å². The van der Waals surface area contributed by atoms with E-state index in [4.69, 9.17) is 16.7 Å². The van der Waals surface area contributed by atoms with Crippen molar-refractivity contribution in [1.29, 1.82) is 0 Å². The van der Waals surface area contributed by atoms with Gasteiger partial charge in [-0.25, -0.2) is 4.79 Å². The molecule has 1 heterocycles. The minimum Gasteiger partial charge on any atom is -0.480 e. The third-order valence-corrected chi connectivity index (χ3v) is 3.06. The number of carbonyl (C=O) groups is 3. The lowest BCUT2D eigenvalue weighted by Gasteiger charge is -2.19. The van der Waals surface area contributed by atoms with Crippen LogP contribution in [0.25, 0.3) is 0 Å². The maximum atomic E-state index is 12.1. The minimum absolute atomic E-state index is 0.0797. The van der Waals surface area contributed by atoms with E-state index in [1.165, 1.54) is 24.3 Å². The second-order valence-corrected chi connectivity index (χ2v) is 4.40. The Morgan fingerprint density at radius 3 is 2.44 bits per heavy atom. The Bertz CT molecular complexity index is 511. The molecule has 0 bridgehead atoms. The third-order valence-electron chi connectivity index (χ3n) is 2.81. The van der Waals surface area contributed by atoms with Crippen molar-refractivity contribution in [2.75, 3.05) is 0 Å². The standard InChI is InChI=1S/C12H10ClNO4/c13-8-3-1-7(2-4-8)11(16)14-9(12(17)18)5-6-10(14)15/h1-4,9H,5-6H2,(H,17,18). The first kappa shape index (κ1) is 12.6. The number of hydrogen-bond donors (Lipinski definition) is 1. The van der Waals surface area contributed by atoms with E-state index >= 15 is 0 Å². The number of carboxylic acid groups (broad SMARTS) is 1. The van der Waals surface area contributed by atoms with Crippen molar-refractivity contribution in [3.05, 3.63) is 34.9 Å². The first-order valence-corrected chi connectivity index (χ1v) is 5.73. The highest BCUT2D eigenvalue weighted by Crippen LogP contribution is 2.22. The molecule has 2 amide bonds. The minimum atomic E-state index is -1.16. The topological polar surface area (TPSA) is 74.7 Å². The normalized spacial score (nSPS) is 19.1. The lowest BCUT2D eigenvalue weighted by molar-refractivity contribution is -0.144. The second-order valence-electron chi connectivity index (χ2n) is 3.97. The smallest absolute Gasteiger partial charge is 0.326 e. The molecule has 0 spiro atoms. The quantitative estimate of drug-likeness (QED) is 0.825. The van der Waals surface area contributed by atoms with Crippen LogP contribution in [0.3, 0.4) is 0 Å². The summed E-state index contributed by atoms with van der Waals surface area (Å²) >= 11 is 5.70. The van der Waals surface area contributed by atoms with Gasteiger partial charge in [0.05, 0.1) is 0 Å². The van der Waals surface area contributed by atoms with Crippen LogP contribution in [0.1, 0.15) is 23.2 Å². The Morgan fingerprint density at radius 2 is 1.89 bits per heavy atom. The molecule has 0 saturated carbocycles. The average Bonchev–Trinajstić information content (AvgIpc) is 2.71. The van der Waals surface area contributed by atoms with Crippen LogP contribution in [-0.4, -0.2) is 33.8 Å². The SMILES string of the molecule is O=C(O)C1CCC(=O)N1C(=O)c1ccc(Cl)cc1. The molecule has 1 atom stereocenters. The van der Waals surface area contributed by atoms with Crippen LogP contribution >= 0.6 is 11.6 Å². The number of carboxylic acids is 1. The van der Waals surface area contributed by atoms with Gasteiger partial charge in [-0.1, -0.05) is 11.6 Å². The Balaban J connectivity index is 2.29. The van der Waals surface area contributed by atoms with Gasteiger partial charge in [-0.2, -0.15) is 0 Å². The highest BCUT2D eigenvalue weighted by Gasteiger charge is 2.40. The molecule has 0 radical (unpaired) electrons. The van der Waals surface area contributed by atoms with Crippen LogP contribution in [0.2, 0.25) is 5.02 Å². The summed E-state index contributed by atoms with van der Waals surface area (Å²) in [5, 5.41) is 9.44. The molecule has 1 aromatic rings. The van der Waals surface area contributed by atoms with Crippen LogP contribution in [0, 0.1) is 0 Å². The predicted molar refractivity (Wildman–Crippen MR) is 63.3 cm³/mol. The van der Waals surface area contributed by atoms with Crippen LogP contribution in [0.15, 0.2) is 24.3 Å². The fourth-order valence-electron chi connectivity index (χ4n) is 1.90. The highest BCUT2D eigenvalue weighted by atomic mass is 35.5. The molecular formula is C12H10ClNO4. The molecule has 5 nitrogen and oxygen atoms in total. The van der Waals surface area contributed by atoms with E-state index in [1.807, 2.05) is 0 Å². The van der Waals surface area contributed by atoms with Crippen molar-refractivity contribution < 1.29 is 19.5 Å². The summed E-state index contributed by atoms with van der Waals surface area (Å²) in [6, 6.07) is 4.90. The number of halogens is 1. The lowest BCUT2D eigenvalue weighted by atomic mass is 10.1. The predicted octanol–water partition coefficient (Wildman–Crippen LogP) is 1.56. The van der Waals surface area contributed by atoms with Gasteiger partial charge in [0.15, 0.2) is 0 Å². The van der Waals surface area contributed by atoms with Crippen LogP contribution in [0.4, 0.5) is 0 Å². The molecule has 1 aromatic carbocycles. The summed E-state index contributed by atoms with van der Waals surface area (Å²) in [6.45, 7) is 0. The summed E-state index contributed by atoms with van der Waals surface area (Å²) in [5.74, 6) is -2.22. The number of benzene rings is 1. The number of rotatable bonds is 2. The van der Waals surface area contributed by atoms with Crippen molar-refractivity contribution in [2.45, 2.75) is 18.9 Å². The van der Waals surface area contributed by atoms with Gasteiger partial charge in [0, 0.05) is 17.0 Å². The van der Waals surface area contributed by atoms with E-state index in [-0.39, 0.29) is 18.4 Å². The number of imide groups is 1. The van der Waals surface area contributed by atoms with Gasteiger partial charge in [-0.05, 0) is 30.7 Å². The summed E-state index contributed by atoms with van der Waals surface area (Å²) < 4.78 is 0. The van der Waals surface area contributed by atoms with Gasteiger partial charge in [0.1, 0.15) is 6.04 Å². The number of aliphatic carboxylic acids is 1. The summed E-state index contributed by atoms with van der Waals surface area (Å²) in [5.41, 5.74) is 0.251. The van der Waals surface area contributed by atoms with Crippen molar-refractivity contribution in [3.63, 3.8) is 0 Å². The molecule has 2 rings (SSSR count). The summed E-state index contributed by atoms with van der Waals surface area (Å²) in [7, 11) is 0. The number of carbonyl (C=O) groups excluding carboxylic acids is 2. The van der Waals surface area contributed by atoms with Gasteiger partial charge in [-0.3, -0.25) is 14.5 Å². The number of likely N-dealkylation sites (tertiary alicyclic amines) is 1. The largest absolute Gasteiger partial charge is 0.480 e. The maximum Gasteiger partial charge on any atom is 0.326 e. The molecule has 0 aromatic heterocycles. The van der Waals surface area contributed by atoms with E-state index in [0.717, 1.165) is 4.90 Å². The van der Waals surface area contributed by atoms with Crippen molar-refractivity contribution in [2.24, 2.45) is 0 Å². The Kier molecular flexibility index (Phi) is 3.34.